The number of aliphatic carboxylic acids is 4. The normalized spacial score (nSPS) is 11.7. The monoisotopic (exact) mass is 1340 g/mol. The summed E-state index contributed by atoms with van der Waals surface area (Å²) in [5.41, 5.74) is 0. The number of likely N-dealkylation sites (N-methyl/N-ethyl adjacent to an activating group) is 3. The number of ether oxygens (including phenoxy) is 10. The lowest BCUT2D eigenvalue weighted by Crippen LogP contribution is -2.38. The Morgan fingerprint density at radius 1 is 0.366 bits per heavy atom. The average molecular weight is 1340 g/mol. The number of hydrogen-bond acceptors (Lipinski definition) is 26. The van der Waals surface area contributed by atoms with Gasteiger partial charge in [-0.05, 0) is 93.8 Å². The maximum absolute atomic E-state index is 11.7. The predicted octanol–water partition coefficient (Wildman–Crippen LogP) is 0.561. The second kappa shape index (κ2) is 67.4. The molecule has 32 heteroatoms. The van der Waals surface area contributed by atoms with Crippen molar-refractivity contribution < 1.29 is 130 Å². The summed E-state index contributed by atoms with van der Waals surface area (Å²) in [7, 11) is 4.66. The molecule has 0 saturated heterocycles. The summed E-state index contributed by atoms with van der Waals surface area (Å²) in [6.45, 7) is 13.5. The maximum Gasteiger partial charge on any atom is 0.320 e. The van der Waals surface area contributed by atoms with Crippen molar-refractivity contribution in [2.45, 2.75) is 130 Å². The van der Waals surface area contributed by atoms with Crippen LogP contribution in [-0.2, 0) is 110 Å². The fraction of sp³-hybridized carbons (Fsp3) is 0.787. The van der Waals surface area contributed by atoms with Gasteiger partial charge in [-0.3, -0.25) is 62.4 Å². The highest BCUT2D eigenvalue weighted by atomic mass is 16.5. The van der Waals surface area contributed by atoms with Gasteiger partial charge >= 0.3 is 23.9 Å². The molecule has 0 radical (unpaired) electrons. The molecule has 93 heavy (non-hydrogen) atoms. The molecule has 0 fully saturated rings. The van der Waals surface area contributed by atoms with Gasteiger partial charge in [-0.25, -0.2) is 0 Å². The van der Waals surface area contributed by atoms with Gasteiger partial charge in [0, 0.05) is 71.4 Å². The first-order valence-electron chi connectivity index (χ1n) is 31.0. The van der Waals surface area contributed by atoms with E-state index in [-0.39, 0.29) is 137 Å². The van der Waals surface area contributed by atoms with Gasteiger partial charge in [-0.2, -0.15) is 0 Å². The number of rotatable bonds is 62. The SMILES string of the molecule is CC(=O)COCCOCCCC(=O)COCCOCCNC(=O)CN(C)CC(=O)O.CCC(CCC(C)=O)C(=O)O.CNC(CCC(=O)CCCOCCOCC(=O)NCCOCCOCC(C)=O)C(=O)O.CNC(CCC(=O)CCCOCCOCC(C)=O)C(=O)O. The quantitative estimate of drug-likeness (QED) is 0.0386. The van der Waals surface area contributed by atoms with E-state index in [1.165, 1.54) is 32.6 Å². The number of carbonyl (C=O) groups is 13. The van der Waals surface area contributed by atoms with E-state index < -0.39 is 36.0 Å². The third kappa shape index (κ3) is 74.9. The van der Waals surface area contributed by atoms with Crippen LogP contribution in [0.4, 0.5) is 0 Å². The highest BCUT2D eigenvalue weighted by molar-refractivity contribution is 5.82. The molecule has 0 heterocycles. The van der Waals surface area contributed by atoms with Crippen LogP contribution in [0.25, 0.3) is 0 Å². The number of hydrogen-bond donors (Lipinski definition) is 8. The number of carboxylic acid groups (broad SMARTS) is 4. The van der Waals surface area contributed by atoms with Gasteiger partial charge in [0.2, 0.25) is 11.8 Å². The second-order valence-corrected chi connectivity index (χ2v) is 20.7. The van der Waals surface area contributed by atoms with Gasteiger partial charge in [0.15, 0.2) is 23.1 Å². The molecule has 32 nitrogen and oxygen atoms in total. The molecule has 0 aliphatic rings. The molecule has 0 aromatic carbocycles. The van der Waals surface area contributed by atoms with Crippen molar-refractivity contribution in [2.75, 3.05) is 179 Å². The third-order valence-electron chi connectivity index (χ3n) is 11.9. The Morgan fingerprint density at radius 2 is 0.710 bits per heavy atom. The Hall–Kier alpha value is -6.01. The molecular formula is C61H109N5O27. The molecular weight excluding hydrogens is 1230 g/mol. The molecule has 0 aliphatic heterocycles. The highest BCUT2D eigenvalue weighted by Crippen LogP contribution is 2.11. The Bertz CT molecular complexity index is 2070. The molecule has 8 N–H and O–H groups in total. The van der Waals surface area contributed by atoms with E-state index in [0.29, 0.717) is 163 Å². The van der Waals surface area contributed by atoms with E-state index in [1.807, 2.05) is 6.92 Å². The summed E-state index contributed by atoms with van der Waals surface area (Å²) in [4.78, 5) is 144. The summed E-state index contributed by atoms with van der Waals surface area (Å²) in [6, 6.07) is -1.39. The zero-order chi connectivity index (χ0) is 70.9. The average Bonchev–Trinajstić information content (AvgIpc) is 3.62. The zero-order valence-electron chi connectivity index (χ0n) is 56.0. The van der Waals surface area contributed by atoms with Crippen LogP contribution in [0, 0.1) is 5.92 Å². The van der Waals surface area contributed by atoms with Gasteiger partial charge in [-0.15, -0.1) is 0 Å². The minimum absolute atomic E-state index is 0.00376. The summed E-state index contributed by atoms with van der Waals surface area (Å²) in [5, 5.41) is 45.4. The van der Waals surface area contributed by atoms with Crippen molar-refractivity contribution in [3.05, 3.63) is 0 Å². The molecule has 0 rings (SSSR count). The van der Waals surface area contributed by atoms with Gasteiger partial charge in [-0.1, -0.05) is 6.92 Å². The summed E-state index contributed by atoms with van der Waals surface area (Å²) < 4.78 is 51.9. The fourth-order valence-corrected chi connectivity index (χ4v) is 6.97. The van der Waals surface area contributed by atoms with Gasteiger partial charge in [0.25, 0.3) is 0 Å². The lowest BCUT2D eigenvalue weighted by molar-refractivity contribution is -0.142. The molecule has 0 aliphatic carbocycles. The van der Waals surface area contributed by atoms with Crippen molar-refractivity contribution >= 4 is 76.2 Å². The molecule has 3 atom stereocenters. The van der Waals surface area contributed by atoms with Crippen LogP contribution in [0.1, 0.15) is 118 Å². The Morgan fingerprint density at radius 3 is 1.04 bits per heavy atom. The van der Waals surface area contributed by atoms with Crippen LogP contribution >= 0.6 is 0 Å². The fourth-order valence-electron chi connectivity index (χ4n) is 6.97. The first-order valence-corrected chi connectivity index (χ1v) is 31.0. The number of nitrogens with one attached hydrogen (secondary N) is 4. The van der Waals surface area contributed by atoms with Crippen LogP contribution in [0.3, 0.4) is 0 Å². The van der Waals surface area contributed by atoms with E-state index in [0.717, 1.165) is 0 Å². The first kappa shape index (κ1) is 93.4. The molecule has 0 aromatic heterocycles. The van der Waals surface area contributed by atoms with Crippen molar-refractivity contribution in [3.8, 4) is 0 Å². The molecule has 0 spiro atoms. The van der Waals surface area contributed by atoms with Crippen LogP contribution < -0.4 is 21.3 Å². The standard InChI is InChI=1S/C20H36N2O9.C19H34N2O9.C14H25NO6.C8H14O3/c1-16(23)14-30-12-11-29-9-7-22-19(25)15-31-13-10-28-8-3-4-17(24)5-6-18(21-2)20(26)27;1-16(22)14-29-10-8-27-6-3-4-17(23)15-30-11-9-28-7-5-20-18(24)12-21(2)13-19(25)26;1-11(16)10-21-9-8-20-7-3-4-12(17)5-6-13(15-2)14(18)19;1-3-7(8(10)11)5-4-6(2)9/h18,21H,3-15H2,1-2H3,(H,22,25)(H,26,27);3-15H2,1-2H3,(H,20,24)(H,25,26);13,15H,3-10H2,1-2H3,(H,18,19);7H,3-5H2,1-2H3,(H,10,11). The van der Waals surface area contributed by atoms with Gasteiger partial charge in [0.05, 0.1) is 98.3 Å². The van der Waals surface area contributed by atoms with Crippen LogP contribution in [0.5, 0.6) is 0 Å². The molecule has 0 aromatic rings. The lowest BCUT2D eigenvalue weighted by Gasteiger charge is -2.13. The maximum atomic E-state index is 11.7. The molecule has 3 unspecified atom stereocenters. The third-order valence-corrected chi connectivity index (χ3v) is 11.9. The smallest absolute Gasteiger partial charge is 0.320 e. The van der Waals surface area contributed by atoms with E-state index in [4.69, 9.17) is 67.8 Å². The van der Waals surface area contributed by atoms with E-state index in [1.54, 1.807) is 21.1 Å². The van der Waals surface area contributed by atoms with Crippen molar-refractivity contribution in [2.24, 2.45) is 5.92 Å². The Labute approximate surface area is 546 Å². The number of carboxylic acids is 4. The van der Waals surface area contributed by atoms with Gasteiger partial charge in [0.1, 0.15) is 62.5 Å². The molecule has 2 amide bonds. The highest BCUT2D eigenvalue weighted by Gasteiger charge is 2.18. The number of Topliss-reactive ketones (excluding diaryl/α,β-unsaturated/α-hetero) is 7. The number of carbonyl (C=O) groups excluding carboxylic acids is 9. The first-order chi connectivity index (χ1) is 44.2. The summed E-state index contributed by atoms with van der Waals surface area (Å²) in [5.74, 6) is -4.61. The van der Waals surface area contributed by atoms with Crippen molar-refractivity contribution in [1.29, 1.82) is 0 Å². The van der Waals surface area contributed by atoms with Crippen molar-refractivity contribution in [3.63, 3.8) is 0 Å². The van der Waals surface area contributed by atoms with E-state index in [2.05, 4.69) is 21.3 Å². The van der Waals surface area contributed by atoms with Gasteiger partial charge < -0.3 is 93.9 Å². The predicted molar refractivity (Wildman–Crippen MR) is 335 cm³/mol. The molecule has 0 bridgehead atoms. The summed E-state index contributed by atoms with van der Waals surface area (Å²) in [6.07, 6.45) is 5.30. The second-order valence-electron chi connectivity index (χ2n) is 20.7. The number of nitrogens with zero attached hydrogens (tertiary/aromatic N) is 1. The minimum Gasteiger partial charge on any atom is -0.481 e. The molecule has 540 valence electrons. The van der Waals surface area contributed by atoms with E-state index in [9.17, 15) is 62.3 Å². The lowest BCUT2D eigenvalue weighted by atomic mass is 10.00. The largest absolute Gasteiger partial charge is 0.481 e. The topological polar surface area (TPSA) is 446 Å². The van der Waals surface area contributed by atoms with Crippen molar-refractivity contribution in [1.82, 2.24) is 26.2 Å². The van der Waals surface area contributed by atoms with Crippen LogP contribution in [-0.4, -0.2) is 293 Å². The Balaban J connectivity index is -0.000000598. The Kier molecular flexibility index (Phi) is 67.7. The molecule has 0 saturated carbocycles. The number of amides is 2. The van der Waals surface area contributed by atoms with Crippen LogP contribution in [0.15, 0.2) is 0 Å². The van der Waals surface area contributed by atoms with Crippen LogP contribution in [0.2, 0.25) is 0 Å². The van der Waals surface area contributed by atoms with E-state index >= 15 is 0 Å². The summed E-state index contributed by atoms with van der Waals surface area (Å²) >= 11 is 0. The zero-order valence-corrected chi connectivity index (χ0v) is 56.0. The number of ketones is 7. The minimum atomic E-state index is -0.993.